The summed E-state index contributed by atoms with van der Waals surface area (Å²) in [5.74, 6) is 0. The Labute approximate surface area is 176 Å². The van der Waals surface area contributed by atoms with Crippen LogP contribution in [0.1, 0.15) is 88.5 Å². The van der Waals surface area contributed by atoms with Crippen molar-refractivity contribution >= 4 is 0 Å². The van der Waals surface area contributed by atoms with Crippen LogP contribution in [0.25, 0.3) is 0 Å². The van der Waals surface area contributed by atoms with Crippen LogP contribution in [0.3, 0.4) is 0 Å². The topological polar surface area (TPSA) is 0 Å². The first-order valence-electron chi connectivity index (χ1n) is 9.28. The van der Waals surface area contributed by atoms with Crippen LogP contribution >= 0.6 is 0 Å². The summed E-state index contributed by atoms with van der Waals surface area (Å²) in [4.78, 5) is 0. The van der Waals surface area contributed by atoms with Crippen molar-refractivity contribution in [3.63, 3.8) is 0 Å². The molecule has 0 aliphatic carbocycles. The number of rotatable bonds is 3. The van der Waals surface area contributed by atoms with Gasteiger partial charge in [0.25, 0.3) is 0 Å². The van der Waals surface area contributed by atoms with Gasteiger partial charge < -0.3 is 20.3 Å². The van der Waals surface area contributed by atoms with E-state index in [0.717, 1.165) is 0 Å². The molecule has 0 unspecified atom stereocenters. The predicted molar refractivity (Wildman–Crippen MR) is 115 cm³/mol. The molecule has 25 heavy (non-hydrogen) atoms. The first kappa shape index (κ1) is 32.7. The van der Waals surface area contributed by atoms with Gasteiger partial charge >= 0.3 is 21.7 Å². The smallest absolute Gasteiger partial charge is 0.338 e. The molecule has 0 amide bonds. The van der Waals surface area contributed by atoms with Crippen LogP contribution in [0.5, 0.6) is 0 Å². The van der Waals surface area contributed by atoms with E-state index >= 15 is 0 Å². The zero-order chi connectivity index (χ0) is 19.9. The van der Waals surface area contributed by atoms with E-state index in [1.807, 2.05) is 30.3 Å². The van der Waals surface area contributed by atoms with Crippen LogP contribution < -0.4 is 0 Å². The fourth-order valence-corrected chi connectivity index (χ4v) is 1.06. The van der Waals surface area contributed by atoms with Crippen molar-refractivity contribution in [2.45, 2.75) is 88.5 Å². The van der Waals surface area contributed by atoms with E-state index < -0.39 is 0 Å². The number of hydrogen-bond donors (Lipinski definition) is 0. The molecule has 0 saturated heterocycles. The minimum absolute atomic E-state index is 0. The van der Waals surface area contributed by atoms with Crippen molar-refractivity contribution in [2.75, 3.05) is 0 Å². The van der Waals surface area contributed by atoms with Crippen molar-refractivity contribution in [3.05, 3.63) is 50.6 Å². The Morgan fingerprint density at radius 2 is 1.12 bits per heavy atom. The summed E-state index contributed by atoms with van der Waals surface area (Å²) in [6.07, 6.45) is 6.33. The molecule has 0 atom stereocenters. The summed E-state index contributed by atoms with van der Waals surface area (Å²) < 4.78 is 0. The van der Waals surface area contributed by atoms with Crippen molar-refractivity contribution in [1.29, 1.82) is 0 Å². The van der Waals surface area contributed by atoms with Gasteiger partial charge in [-0.15, -0.1) is 0 Å². The van der Waals surface area contributed by atoms with E-state index in [1.165, 1.54) is 19.3 Å². The maximum Gasteiger partial charge on any atom is 4.00 e. The summed E-state index contributed by atoms with van der Waals surface area (Å²) in [5, 5.41) is 0. The van der Waals surface area contributed by atoms with Crippen molar-refractivity contribution in [3.8, 4) is 0 Å². The third-order valence-corrected chi connectivity index (χ3v) is 1.87. The normalized spacial score (nSPS) is 10.7. The monoisotopic (exact) mass is 382 g/mol. The second-order valence-corrected chi connectivity index (χ2v) is 9.80. The summed E-state index contributed by atoms with van der Waals surface area (Å²) in [5.41, 5.74) is 0.926. The molecule has 0 nitrogen and oxygen atoms in total. The Morgan fingerprint density at radius 1 is 0.800 bits per heavy atom. The maximum atomic E-state index is 3.77. The van der Waals surface area contributed by atoms with Crippen LogP contribution in [0, 0.1) is 36.5 Å². The average molecular weight is 382 g/mol. The summed E-state index contributed by atoms with van der Waals surface area (Å²) in [7, 11) is 0. The quantitative estimate of drug-likeness (QED) is 0.279. The molecule has 1 rings (SSSR count). The summed E-state index contributed by atoms with van der Waals surface area (Å²) >= 11 is 0. The fraction of sp³-hybridized carbons (Fsp3) is 0.667. The van der Waals surface area contributed by atoms with E-state index in [9.17, 15) is 0 Å². The molecule has 0 aliphatic heterocycles. The minimum atomic E-state index is 0. The van der Waals surface area contributed by atoms with E-state index in [1.54, 1.807) is 0 Å². The second kappa shape index (κ2) is 17.5. The second-order valence-electron chi connectivity index (χ2n) is 9.80. The molecule has 0 fully saturated rings. The molecule has 0 radical (unpaired) electrons. The van der Waals surface area contributed by atoms with Gasteiger partial charge in [-0.05, 0) is 0 Å². The molecule has 1 aromatic rings. The third kappa shape index (κ3) is 95.7. The Morgan fingerprint density at radius 3 is 1.28 bits per heavy atom. The van der Waals surface area contributed by atoms with Gasteiger partial charge in [-0.1, -0.05) is 82.1 Å². The first-order chi connectivity index (χ1) is 10.6. The zero-order valence-corrected chi connectivity index (χ0v) is 20.6. The van der Waals surface area contributed by atoms with Gasteiger partial charge in [-0.2, -0.15) is 40.9 Å². The molecule has 0 bridgehead atoms. The Hall–Kier alpha value is 0.0643. The van der Waals surface area contributed by atoms with Crippen LogP contribution in [0.4, 0.5) is 0 Å². The molecular weight excluding hydrogens is 336 g/mol. The van der Waals surface area contributed by atoms with Crippen molar-refractivity contribution in [2.24, 2.45) is 16.2 Å². The molecule has 0 aromatic heterocycles. The van der Waals surface area contributed by atoms with Crippen LogP contribution in [-0.2, 0) is 21.7 Å². The molecular formula is C24H46Ti. The fourth-order valence-electron chi connectivity index (χ4n) is 1.06. The third-order valence-electron chi connectivity index (χ3n) is 1.87. The predicted octanol–water partition coefficient (Wildman–Crippen LogP) is 8.56. The van der Waals surface area contributed by atoms with Gasteiger partial charge in [0.1, 0.15) is 0 Å². The molecule has 0 N–H and O–H groups in total. The molecule has 146 valence electrons. The average Bonchev–Trinajstić information content (AvgIpc) is 2.80. The van der Waals surface area contributed by atoms with E-state index in [4.69, 9.17) is 0 Å². The maximum absolute atomic E-state index is 3.77. The molecule has 0 saturated carbocycles. The van der Waals surface area contributed by atoms with Crippen LogP contribution in [0.2, 0.25) is 0 Å². The largest absolute Gasteiger partial charge is 4.00 e. The Balaban J connectivity index is -0.000000121. The molecule has 1 aromatic carbocycles. The van der Waals surface area contributed by atoms with Crippen LogP contribution in [-0.4, -0.2) is 0 Å². The molecule has 0 spiro atoms. The van der Waals surface area contributed by atoms with E-state index in [0.29, 0.717) is 5.41 Å². The standard InChI is InChI=1S/C9H19.C5H5.2C5H11.Ti/c1-5-6-7-8-9(2,3)4;1-2-4-5-3-1;2*1-5(2,3)4;/h8H,5-7H2,1-4H3;1-5H;2*1H2,2-4H3;/q4*-1;+4. The van der Waals surface area contributed by atoms with Gasteiger partial charge in [0.15, 0.2) is 0 Å². The molecule has 1 heteroatoms. The van der Waals surface area contributed by atoms with E-state index in [-0.39, 0.29) is 32.5 Å². The van der Waals surface area contributed by atoms with Crippen molar-refractivity contribution in [1.82, 2.24) is 0 Å². The first-order valence-corrected chi connectivity index (χ1v) is 9.28. The van der Waals surface area contributed by atoms with Crippen LogP contribution in [0.15, 0.2) is 30.3 Å². The van der Waals surface area contributed by atoms with E-state index in [2.05, 4.69) is 89.5 Å². The zero-order valence-electron chi connectivity index (χ0n) is 19.0. The molecule has 0 aliphatic rings. The number of unbranched alkanes of at least 4 members (excludes halogenated alkanes) is 2. The van der Waals surface area contributed by atoms with Crippen molar-refractivity contribution < 1.29 is 21.7 Å². The Kier molecular flexibility index (Phi) is 22.9. The van der Waals surface area contributed by atoms with Gasteiger partial charge in [-0.3, -0.25) is 0 Å². The van der Waals surface area contributed by atoms with Gasteiger partial charge in [0.2, 0.25) is 0 Å². The van der Waals surface area contributed by atoms with Gasteiger partial charge in [-0.25, -0.2) is 12.1 Å². The van der Waals surface area contributed by atoms with Gasteiger partial charge in [0, 0.05) is 0 Å². The molecule has 0 heterocycles. The summed E-state index contributed by atoms with van der Waals surface area (Å²) in [6.45, 7) is 29.0. The number of hydrogen-bond acceptors (Lipinski definition) is 0. The Bertz CT molecular complexity index is 273. The summed E-state index contributed by atoms with van der Waals surface area (Å²) in [6, 6.07) is 10.0. The SMILES string of the molecule is CCCC[CH-]C(C)(C)C.[CH2-]C(C)(C)C.[CH2-]C(C)(C)C.[Ti+4].c1cc[cH-]c1. The van der Waals surface area contributed by atoms with Gasteiger partial charge in [0.05, 0.1) is 0 Å². The minimum Gasteiger partial charge on any atom is -0.338 e.